The number of hydrogen-bond acceptors (Lipinski definition) is 7. The number of ether oxygens (including phenoxy) is 1. The van der Waals surface area contributed by atoms with Crippen molar-refractivity contribution < 1.29 is 13.2 Å². The van der Waals surface area contributed by atoms with Gasteiger partial charge in [-0.3, -0.25) is 9.20 Å². The van der Waals surface area contributed by atoms with Crippen LogP contribution in [0.1, 0.15) is 24.1 Å². The lowest BCUT2D eigenvalue weighted by Gasteiger charge is -2.27. The highest BCUT2D eigenvalue weighted by Gasteiger charge is 2.28. The number of benzene rings is 1. The van der Waals surface area contributed by atoms with Crippen molar-refractivity contribution in [2.45, 2.75) is 31.2 Å². The summed E-state index contributed by atoms with van der Waals surface area (Å²) >= 11 is 0. The number of sulfonamides is 1. The van der Waals surface area contributed by atoms with Crippen molar-refractivity contribution in [3.63, 3.8) is 0 Å². The predicted molar refractivity (Wildman–Crippen MR) is 131 cm³/mol. The zero-order chi connectivity index (χ0) is 23.7. The second-order valence-corrected chi connectivity index (χ2v) is 10.7. The van der Waals surface area contributed by atoms with Crippen LogP contribution in [0.5, 0.6) is 0 Å². The van der Waals surface area contributed by atoms with Gasteiger partial charge in [0.2, 0.25) is 10.0 Å². The first-order chi connectivity index (χ1) is 16.4. The van der Waals surface area contributed by atoms with E-state index in [-0.39, 0.29) is 10.5 Å². The monoisotopic (exact) mass is 483 g/mol. The normalized spacial score (nSPS) is 17.4. The number of pyridine rings is 1. The lowest BCUT2D eigenvalue weighted by atomic mass is 10.2. The smallest absolute Gasteiger partial charge is 0.258 e. The minimum atomic E-state index is -3.62. The molecule has 34 heavy (non-hydrogen) atoms. The molecular weight excluding hydrogens is 454 g/mol. The number of morpholine rings is 1. The molecule has 0 unspecified atom stereocenters. The van der Waals surface area contributed by atoms with Gasteiger partial charge in [-0.15, -0.1) is 0 Å². The van der Waals surface area contributed by atoms with Gasteiger partial charge in [0, 0.05) is 38.4 Å². The lowest BCUT2D eigenvalue weighted by molar-refractivity contribution is 0.0730. The maximum Gasteiger partial charge on any atom is 0.258 e. The van der Waals surface area contributed by atoms with Gasteiger partial charge < -0.3 is 15.0 Å². The highest BCUT2D eigenvalue weighted by atomic mass is 32.2. The third-order valence-corrected chi connectivity index (χ3v) is 8.32. The minimum absolute atomic E-state index is 0.145. The van der Waals surface area contributed by atoms with Crippen molar-refractivity contribution in [1.29, 1.82) is 0 Å². The Morgan fingerprint density at radius 2 is 1.82 bits per heavy atom. The molecule has 9 nitrogen and oxygen atoms in total. The van der Waals surface area contributed by atoms with E-state index in [0.29, 0.717) is 44.2 Å². The molecule has 3 aromatic rings. The maximum absolute atomic E-state index is 13.2. The average molecular weight is 484 g/mol. The van der Waals surface area contributed by atoms with Crippen molar-refractivity contribution >= 4 is 27.0 Å². The van der Waals surface area contributed by atoms with Crippen LogP contribution in [0, 0.1) is 6.92 Å². The molecule has 0 aliphatic carbocycles. The average Bonchev–Trinajstić information content (AvgIpc) is 3.39. The van der Waals surface area contributed by atoms with Crippen molar-refractivity contribution in [2.75, 3.05) is 49.6 Å². The molecule has 4 heterocycles. The van der Waals surface area contributed by atoms with Gasteiger partial charge in [0.1, 0.15) is 5.65 Å². The van der Waals surface area contributed by atoms with Gasteiger partial charge in [0.05, 0.1) is 41.7 Å². The van der Waals surface area contributed by atoms with Gasteiger partial charge in [-0.05, 0) is 49.6 Å². The second kappa shape index (κ2) is 9.36. The molecular formula is C24H29N5O4S. The summed E-state index contributed by atoms with van der Waals surface area (Å²) in [6.45, 7) is 5.59. The van der Waals surface area contributed by atoms with Crippen LogP contribution < -0.4 is 15.8 Å². The van der Waals surface area contributed by atoms with Gasteiger partial charge in [-0.25, -0.2) is 13.4 Å². The molecule has 5 rings (SSSR count). The zero-order valence-electron chi connectivity index (χ0n) is 19.2. The second-order valence-electron chi connectivity index (χ2n) is 8.71. The Hall–Kier alpha value is -2.95. The van der Waals surface area contributed by atoms with E-state index in [1.165, 1.54) is 14.8 Å². The number of hydrogen-bond donors (Lipinski definition) is 1. The molecule has 0 radical (unpaired) electrons. The fourth-order valence-electron chi connectivity index (χ4n) is 4.57. The minimum Gasteiger partial charge on any atom is -0.379 e. The highest BCUT2D eigenvalue weighted by Crippen LogP contribution is 2.32. The van der Waals surface area contributed by atoms with Crippen LogP contribution in [-0.2, 0) is 21.3 Å². The lowest BCUT2D eigenvalue weighted by Crippen LogP contribution is -2.40. The van der Waals surface area contributed by atoms with E-state index in [1.807, 2.05) is 25.1 Å². The van der Waals surface area contributed by atoms with E-state index < -0.39 is 10.0 Å². The molecule has 0 amide bonds. The summed E-state index contributed by atoms with van der Waals surface area (Å²) in [5.74, 6) is 0. The summed E-state index contributed by atoms with van der Waals surface area (Å²) in [5, 5.41) is 3.37. The van der Waals surface area contributed by atoms with E-state index in [4.69, 9.17) is 4.74 Å². The number of aromatic nitrogens is 2. The first-order valence-electron chi connectivity index (χ1n) is 11.6. The Morgan fingerprint density at radius 1 is 1.06 bits per heavy atom. The Morgan fingerprint density at radius 3 is 2.59 bits per heavy atom. The molecule has 0 saturated carbocycles. The van der Waals surface area contributed by atoms with Crippen LogP contribution in [0.25, 0.3) is 5.65 Å². The Bertz CT molecular complexity index is 1360. The molecule has 1 aromatic carbocycles. The topological polar surface area (TPSA) is 96.2 Å². The third-order valence-electron chi connectivity index (χ3n) is 6.42. The largest absolute Gasteiger partial charge is 0.379 e. The fourth-order valence-corrected chi connectivity index (χ4v) is 6.01. The molecule has 2 fully saturated rings. The van der Waals surface area contributed by atoms with Crippen LogP contribution in [0.3, 0.4) is 0 Å². The zero-order valence-corrected chi connectivity index (χ0v) is 20.1. The summed E-state index contributed by atoms with van der Waals surface area (Å²) in [6, 6.07) is 10.5. The molecule has 1 N–H and O–H groups in total. The van der Waals surface area contributed by atoms with Crippen LogP contribution >= 0.6 is 0 Å². The third kappa shape index (κ3) is 4.40. The Balaban J connectivity index is 1.48. The highest BCUT2D eigenvalue weighted by molar-refractivity contribution is 7.89. The van der Waals surface area contributed by atoms with E-state index in [2.05, 4.69) is 15.2 Å². The van der Waals surface area contributed by atoms with Gasteiger partial charge >= 0.3 is 0 Å². The summed E-state index contributed by atoms with van der Waals surface area (Å²) in [7, 11) is -3.62. The first kappa shape index (κ1) is 22.8. The number of rotatable bonds is 6. The Labute approximate surface area is 199 Å². The molecule has 10 heteroatoms. The molecule has 0 spiro atoms. The molecule has 0 bridgehead atoms. The molecule has 2 aliphatic heterocycles. The van der Waals surface area contributed by atoms with E-state index in [1.54, 1.807) is 18.3 Å². The number of fused-ring (bicyclic) bond motifs is 1. The predicted octanol–water partition coefficient (Wildman–Crippen LogP) is 2.24. The van der Waals surface area contributed by atoms with Crippen molar-refractivity contribution in [2.24, 2.45) is 0 Å². The van der Waals surface area contributed by atoms with Crippen molar-refractivity contribution in [3.05, 3.63) is 64.2 Å². The molecule has 180 valence electrons. The molecule has 2 aromatic heterocycles. The van der Waals surface area contributed by atoms with Crippen LogP contribution in [0.2, 0.25) is 0 Å². The summed E-state index contributed by atoms with van der Waals surface area (Å²) in [4.78, 5) is 19.8. The van der Waals surface area contributed by atoms with Gasteiger partial charge in [0.25, 0.3) is 5.56 Å². The fraction of sp³-hybridized carbons (Fsp3) is 0.417. The number of anilines is 2. The van der Waals surface area contributed by atoms with Gasteiger partial charge in [-0.1, -0.05) is 6.07 Å². The Kier molecular flexibility index (Phi) is 6.28. The first-order valence-corrected chi connectivity index (χ1v) is 13.1. The van der Waals surface area contributed by atoms with E-state index in [9.17, 15) is 13.2 Å². The summed E-state index contributed by atoms with van der Waals surface area (Å²) in [6.07, 6.45) is 3.92. The summed E-state index contributed by atoms with van der Waals surface area (Å²) in [5.41, 5.74) is 3.69. The molecule has 2 aliphatic rings. The van der Waals surface area contributed by atoms with Gasteiger partial charge in [-0.2, -0.15) is 4.31 Å². The van der Waals surface area contributed by atoms with Crippen LogP contribution in [0.15, 0.2) is 52.3 Å². The van der Waals surface area contributed by atoms with Crippen molar-refractivity contribution in [1.82, 2.24) is 13.7 Å². The van der Waals surface area contributed by atoms with Crippen molar-refractivity contribution in [3.8, 4) is 0 Å². The van der Waals surface area contributed by atoms with Crippen LogP contribution in [-0.4, -0.2) is 61.5 Å². The molecule has 2 saturated heterocycles. The summed E-state index contributed by atoms with van der Waals surface area (Å²) < 4.78 is 34.8. The molecule has 0 atom stereocenters. The van der Waals surface area contributed by atoms with E-state index in [0.717, 1.165) is 42.9 Å². The number of nitrogens with one attached hydrogen (secondary N) is 1. The standard InChI is InChI=1S/C24H29N5O4S/c1-18-5-4-10-29-23(30)15-19(26-24(18)29)17-25-21-16-20(6-7-22(21)27-8-2-3-9-27)34(31,32)28-11-13-33-14-12-28/h4-7,10,15-16,25H,2-3,8-9,11-14,17H2,1H3. The quantitative estimate of drug-likeness (QED) is 0.574. The van der Waals surface area contributed by atoms with Crippen LogP contribution in [0.4, 0.5) is 11.4 Å². The van der Waals surface area contributed by atoms with Gasteiger partial charge in [0.15, 0.2) is 0 Å². The number of aryl methyl sites for hydroxylation is 1. The maximum atomic E-state index is 13.2. The van der Waals surface area contributed by atoms with E-state index >= 15 is 0 Å². The SMILES string of the molecule is Cc1cccn2c(=O)cc(CNc3cc(S(=O)(=O)N4CCOCC4)ccc3N3CCCC3)nc12. The number of nitrogens with zero attached hydrogens (tertiary/aromatic N) is 4.